The Kier molecular flexibility index (Phi) is 3.75. The van der Waals surface area contributed by atoms with Crippen molar-refractivity contribution in [1.29, 1.82) is 0 Å². The number of ether oxygens (including phenoxy) is 1. The van der Waals surface area contributed by atoms with Crippen LogP contribution >= 0.6 is 0 Å². The molecule has 0 saturated heterocycles. The monoisotopic (exact) mass is 274 g/mol. The summed E-state index contributed by atoms with van der Waals surface area (Å²) in [5.74, 6) is -1.16. The van der Waals surface area contributed by atoms with Crippen LogP contribution in [0.4, 0.5) is 26.3 Å². The molecule has 0 atom stereocenters. The average Bonchev–Trinajstić information content (AvgIpc) is 2.12. The first-order chi connectivity index (χ1) is 8.04. The summed E-state index contributed by atoms with van der Waals surface area (Å²) in [5, 5.41) is 0. The van der Waals surface area contributed by atoms with Gasteiger partial charge in [0.1, 0.15) is 0 Å². The molecular weight excluding hydrogens is 266 g/mol. The zero-order valence-electron chi connectivity index (χ0n) is 8.99. The van der Waals surface area contributed by atoms with Crippen LogP contribution in [0.2, 0.25) is 0 Å². The standard InChI is InChI=1S/C9H8F6N2O/c1-4-2-6(18-9(13,14)15)17-7(5(4)3-16)8(10,11)12/h2H,3,16H2,1H3. The van der Waals surface area contributed by atoms with Gasteiger partial charge in [-0.25, -0.2) is 4.98 Å². The lowest BCUT2D eigenvalue weighted by Gasteiger charge is -2.16. The van der Waals surface area contributed by atoms with Crippen LogP contribution in [0.1, 0.15) is 16.8 Å². The van der Waals surface area contributed by atoms with Crippen LogP contribution in [-0.4, -0.2) is 11.3 Å². The maximum absolute atomic E-state index is 12.6. The van der Waals surface area contributed by atoms with Gasteiger partial charge in [0.2, 0.25) is 5.88 Å². The van der Waals surface area contributed by atoms with Gasteiger partial charge in [-0.3, -0.25) is 0 Å². The van der Waals surface area contributed by atoms with Crippen LogP contribution in [0.25, 0.3) is 0 Å². The molecule has 0 radical (unpaired) electrons. The van der Waals surface area contributed by atoms with Crippen LogP contribution in [0.3, 0.4) is 0 Å². The van der Waals surface area contributed by atoms with Gasteiger partial charge in [0, 0.05) is 12.6 Å². The minimum Gasteiger partial charge on any atom is -0.388 e. The second-order valence-electron chi connectivity index (χ2n) is 3.35. The third-order valence-electron chi connectivity index (χ3n) is 2.02. The summed E-state index contributed by atoms with van der Waals surface area (Å²) in [4.78, 5) is 2.81. The number of aryl methyl sites for hydroxylation is 1. The van der Waals surface area contributed by atoms with Crippen molar-refractivity contribution >= 4 is 0 Å². The van der Waals surface area contributed by atoms with Gasteiger partial charge in [0.05, 0.1) is 0 Å². The molecule has 1 rings (SSSR count). The Balaban J connectivity index is 3.31. The van der Waals surface area contributed by atoms with Gasteiger partial charge in [-0.05, 0) is 18.1 Å². The fraction of sp³-hybridized carbons (Fsp3) is 0.444. The smallest absolute Gasteiger partial charge is 0.388 e. The lowest BCUT2D eigenvalue weighted by molar-refractivity contribution is -0.276. The lowest BCUT2D eigenvalue weighted by atomic mass is 10.1. The molecular formula is C9H8F6N2O. The Hall–Kier alpha value is -1.51. The third kappa shape index (κ3) is 3.49. The van der Waals surface area contributed by atoms with Crippen molar-refractivity contribution in [3.63, 3.8) is 0 Å². The molecule has 1 heterocycles. The summed E-state index contributed by atoms with van der Waals surface area (Å²) < 4.78 is 76.8. The van der Waals surface area contributed by atoms with E-state index in [9.17, 15) is 26.3 Å². The molecule has 0 aliphatic rings. The van der Waals surface area contributed by atoms with E-state index < -0.39 is 30.7 Å². The Bertz CT molecular complexity index is 440. The Labute approximate surface area is 97.6 Å². The maximum atomic E-state index is 12.6. The van der Waals surface area contributed by atoms with Crippen molar-refractivity contribution in [2.75, 3.05) is 0 Å². The zero-order valence-corrected chi connectivity index (χ0v) is 8.99. The van der Waals surface area contributed by atoms with E-state index in [1.807, 2.05) is 0 Å². The van der Waals surface area contributed by atoms with E-state index in [0.717, 1.165) is 6.07 Å². The normalized spacial score (nSPS) is 12.7. The van der Waals surface area contributed by atoms with E-state index in [0.29, 0.717) is 0 Å². The maximum Gasteiger partial charge on any atom is 0.574 e. The van der Waals surface area contributed by atoms with Gasteiger partial charge in [-0.1, -0.05) is 0 Å². The largest absolute Gasteiger partial charge is 0.574 e. The van der Waals surface area contributed by atoms with Crippen LogP contribution in [0.5, 0.6) is 5.88 Å². The van der Waals surface area contributed by atoms with E-state index >= 15 is 0 Å². The molecule has 0 aliphatic carbocycles. The second-order valence-corrected chi connectivity index (χ2v) is 3.35. The number of halogens is 6. The number of hydrogen-bond acceptors (Lipinski definition) is 3. The molecule has 0 aromatic carbocycles. The Morgan fingerprint density at radius 2 is 1.78 bits per heavy atom. The summed E-state index contributed by atoms with van der Waals surface area (Å²) in [5.41, 5.74) is 3.22. The molecule has 0 bridgehead atoms. The molecule has 0 amide bonds. The summed E-state index contributed by atoms with van der Waals surface area (Å²) in [6.07, 6.45) is -10.0. The molecule has 3 nitrogen and oxygen atoms in total. The van der Waals surface area contributed by atoms with Gasteiger partial charge in [0.25, 0.3) is 0 Å². The molecule has 0 unspecified atom stereocenters. The number of aromatic nitrogens is 1. The van der Waals surface area contributed by atoms with Crippen LogP contribution in [-0.2, 0) is 12.7 Å². The van der Waals surface area contributed by atoms with Crippen molar-refractivity contribution in [3.8, 4) is 5.88 Å². The average molecular weight is 274 g/mol. The van der Waals surface area contributed by atoms with Gasteiger partial charge >= 0.3 is 12.5 Å². The second kappa shape index (κ2) is 4.63. The summed E-state index contributed by atoms with van der Waals surface area (Å²) >= 11 is 0. The molecule has 18 heavy (non-hydrogen) atoms. The van der Waals surface area contributed by atoms with Crippen molar-refractivity contribution in [2.45, 2.75) is 26.0 Å². The van der Waals surface area contributed by atoms with E-state index in [1.165, 1.54) is 6.92 Å². The van der Waals surface area contributed by atoms with Gasteiger partial charge in [0.15, 0.2) is 5.69 Å². The Morgan fingerprint density at radius 3 is 2.17 bits per heavy atom. The number of rotatable bonds is 2. The van der Waals surface area contributed by atoms with Crippen LogP contribution in [0.15, 0.2) is 6.07 Å². The van der Waals surface area contributed by atoms with E-state index in [4.69, 9.17) is 5.73 Å². The topological polar surface area (TPSA) is 48.1 Å². The fourth-order valence-electron chi connectivity index (χ4n) is 1.33. The molecule has 1 aromatic heterocycles. The predicted molar refractivity (Wildman–Crippen MR) is 48.6 cm³/mol. The number of nitrogens with two attached hydrogens (primary N) is 1. The number of nitrogens with zero attached hydrogens (tertiary/aromatic N) is 1. The zero-order chi connectivity index (χ0) is 14.1. The first-order valence-electron chi connectivity index (χ1n) is 4.58. The molecule has 0 aliphatic heterocycles. The van der Waals surface area contributed by atoms with E-state index in [-0.39, 0.29) is 11.1 Å². The highest BCUT2D eigenvalue weighted by Crippen LogP contribution is 2.34. The highest BCUT2D eigenvalue weighted by Gasteiger charge is 2.38. The quantitative estimate of drug-likeness (QED) is 0.843. The van der Waals surface area contributed by atoms with Crippen LogP contribution in [0, 0.1) is 6.92 Å². The number of hydrogen-bond donors (Lipinski definition) is 1. The summed E-state index contributed by atoms with van der Waals surface area (Å²) in [6, 6.07) is 0.755. The minimum absolute atomic E-state index is 0.0703. The number of pyridine rings is 1. The van der Waals surface area contributed by atoms with Gasteiger partial charge in [-0.2, -0.15) is 13.2 Å². The van der Waals surface area contributed by atoms with E-state index in [2.05, 4.69) is 9.72 Å². The molecule has 102 valence electrons. The number of alkyl halides is 6. The van der Waals surface area contributed by atoms with Crippen molar-refractivity contribution in [3.05, 3.63) is 22.9 Å². The third-order valence-corrected chi connectivity index (χ3v) is 2.02. The minimum atomic E-state index is -5.10. The molecule has 0 saturated carbocycles. The first-order valence-corrected chi connectivity index (χ1v) is 4.58. The van der Waals surface area contributed by atoms with Crippen LogP contribution < -0.4 is 10.5 Å². The lowest BCUT2D eigenvalue weighted by Crippen LogP contribution is -2.21. The summed E-state index contributed by atoms with van der Waals surface area (Å²) in [6.45, 7) is 0.711. The molecule has 1 aromatic rings. The van der Waals surface area contributed by atoms with E-state index in [1.54, 1.807) is 0 Å². The highest BCUT2D eigenvalue weighted by atomic mass is 19.4. The van der Waals surface area contributed by atoms with Gasteiger partial charge in [-0.15, -0.1) is 13.2 Å². The fourth-order valence-corrected chi connectivity index (χ4v) is 1.33. The van der Waals surface area contributed by atoms with Crippen molar-refractivity contribution < 1.29 is 31.1 Å². The molecule has 9 heteroatoms. The SMILES string of the molecule is Cc1cc(OC(F)(F)F)nc(C(F)(F)F)c1CN. The van der Waals surface area contributed by atoms with Gasteiger partial charge < -0.3 is 10.5 Å². The highest BCUT2D eigenvalue weighted by molar-refractivity contribution is 5.35. The first kappa shape index (κ1) is 14.6. The van der Waals surface area contributed by atoms with Crippen molar-refractivity contribution in [1.82, 2.24) is 4.98 Å². The molecule has 0 spiro atoms. The van der Waals surface area contributed by atoms with Crippen molar-refractivity contribution in [2.24, 2.45) is 5.73 Å². The Morgan fingerprint density at radius 1 is 1.22 bits per heavy atom. The molecule has 0 fully saturated rings. The summed E-state index contributed by atoms with van der Waals surface area (Å²) in [7, 11) is 0. The molecule has 2 N–H and O–H groups in total. The predicted octanol–water partition coefficient (Wildman–Crippen LogP) is 2.77.